The number of aromatic amines is 1. The van der Waals surface area contributed by atoms with E-state index in [1.165, 1.54) is 5.56 Å². The smallest absolute Gasteiger partial charge is 0.319 e. The third-order valence-electron chi connectivity index (χ3n) is 4.13. The summed E-state index contributed by atoms with van der Waals surface area (Å²) in [5, 5.41) is 6.87. The fourth-order valence-electron chi connectivity index (χ4n) is 2.68. The SMILES string of the molecule is CC(C)c1ccc2[nH]c(=O)c(CNC(=O)Nc3cccc(Cl)c3)cc2c1. The average molecular weight is 370 g/mol. The minimum Gasteiger partial charge on any atom is -0.334 e. The van der Waals surface area contributed by atoms with E-state index < -0.39 is 6.03 Å². The van der Waals surface area contributed by atoms with E-state index in [0.29, 0.717) is 22.2 Å². The Kier molecular flexibility index (Phi) is 5.28. The number of anilines is 1. The number of fused-ring (bicyclic) bond motifs is 1. The van der Waals surface area contributed by atoms with Crippen LogP contribution in [0.15, 0.2) is 53.3 Å². The zero-order valence-electron chi connectivity index (χ0n) is 14.6. The van der Waals surface area contributed by atoms with Crippen LogP contribution in [0.4, 0.5) is 10.5 Å². The maximum atomic E-state index is 12.2. The lowest BCUT2D eigenvalue weighted by molar-refractivity contribution is 0.251. The van der Waals surface area contributed by atoms with Crippen LogP contribution >= 0.6 is 11.6 Å². The van der Waals surface area contributed by atoms with Crippen LogP contribution in [0.2, 0.25) is 5.02 Å². The van der Waals surface area contributed by atoms with Crippen LogP contribution in [0.5, 0.6) is 0 Å². The third kappa shape index (κ3) is 4.24. The number of carbonyl (C=O) groups is 1. The molecule has 0 radical (unpaired) electrons. The zero-order valence-corrected chi connectivity index (χ0v) is 15.4. The number of carbonyl (C=O) groups excluding carboxylic acids is 1. The van der Waals surface area contributed by atoms with Crippen LogP contribution in [0.25, 0.3) is 10.9 Å². The van der Waals surface area contributed by atoms with Crippen molar-refractivity contribution in [3.05, 3.63) is 75.0 Å². The van der Waals surface area contributed by atoms with Crippen molar-refractivity contribution in [2.24, 2.45) is 0 Å². The summed E-state index contributed by atoms with van der Waals surface area (Å²) in [7, 11) is 0. The van der Waals surface area contributed by atoms with Crippen molar-refractivity contribution >= 4 is 34.2 Å². The topological polar surface area (TPSA) is 74.0 Å². The summed E-state index contributed by atoms with van der Waals surface area (Å²) in [4.78, 5) is 27.1. The molecule has 0 spiro atoms. The summed E-state index contributed by atoms with van der Waals surface area (Å²) in [6.07, 6.45) is 0. The minimum absolute atomic E-state index is 0.129. The second-order valence-electron chi connectivity index (χ2n) is 6.44. The molecule has 0 aliphatic heterocycles. The van der Waals surface area contributed by atoms with Gasteiger partial charge in [0.05, 0.1) is 0 Å². The molecular weight excluding hydrogens is 350 g/mol. The molecule has 2 amide bonds. The van der Waals surface area contributed by atoms with E-state index in [1.54, 1.807) is 24.3 Å². The number of hydrogen-bond acceptors (Lipinski definition) is 2. The van der Waals surface area contributed by atoms with Crippen molar-refractivity contribution in [1.82, 2.24) is 10.3 Å². The van der Waals surface area contributed by atoms with Crippen molar-refractivity contribution in [2.45, 2.75) is 26.3 Å². The van der Waals surface area contributed by atoms with Gasteiger partial charge in [-0.2, -0.15) is 0 Å². The monoisotopic (exact) mass is 369 g/mol. The highest BCUT2D eigenvalue weighted by Crippen LogP contribution is 2.20. The summed E-state index contributed by atoms with van der Waals surface area (Å²) in [5.41, 5.74) is 2.86. The predicted molar refractivity (Wildman–Crippen MR) is 106 cm³/mol. The molecular formula is C20H20ClN3O2. The number of H-pyrrole nitrogens is 1. The van der Waals surface area contributed by atoms with Gasteiger partial charge >= 0.3 is 6.03 Å². The molecule has 3 aromatic rings. The first-order valence-corrected chi connectivity index (χ1v) is 8.76. The predicted octanol–water partition coefficient (Wildman–Crippen LogP) is 4.63. The van der Waals surface area contributed by atoms with Crippen molar-refractivity contribution in [1.29, 1.82) is 0 Å². The van der Waals surface area contributed by atoms with Gasteiger partial charge in [-0.15, -0.1) is 0 Å². The number of pyridine rings is 1. The Morgan fingerprint density at radius 3 is 2.69 bits per heavy atom. The van der Waals surface area contributed by atoms with E-state index >= 15 is 0 Å². The molecule has 0 unspecified atom stereocenters. The average Bonchev–Trinajstić information content (AvgIpc) is 2.59. The maximum Gasteiger partial charge on any atom is 0.319 e. The third-order valence-corrected chi connectivity index (χ3v) is 4.37. The van der Waals surface area contributed by atoms with Crippen LogP contribution in [-0.2, 0) is 6.54 Å². The standard InChI is InChI=1S/C20H20ClN3O2/c1-12(2)13-6-7-18-14(8-13)9-15(19(25)24-18)11-22-20(26)23-17-5-3-4-16(21)10-17/h3-10,12H,11H2,1-2H3,(H,24,25)(H2,22,23,26). The van der Waals surface area contributed by atoms with Crippen LogP contribution in [-0.4, -0.2) is 11.0 Å². The van der Waals surface area contributed by atoms with Gasteiger partial charge in [0, 0.05) is 28.3 Å². The molecule has 3 N–H and O–H groups in total. The molecule has 0 fully saturated rings. The first-order valence-electron chi connectivity index (χ1n) is 8.38. The molecule has 3 rings (SSSR count). The minimum atomic E-state index is -0.400. The van der Waals surface area contributed by atoms with E-state index in [4.69, 9.17) is 11.6 Å². The quantitative estimate of drug-likeness (QED) is 0.627. The molecule has 1 heterocycles. The molecule has 134 valence electrons. The summed E-state index contributed by atoms with van der Waals surface area (Å²) in [5.74, 6) is 0.399. The van der Waals surface area contributed by atoms with Crippen LogP contribution in [0, 0.1) is 0 Å². The number of urea groups is 1. The molecule has 5 nitrogen and oxygen atoms in total. The van der Waals surface area contributed by atoms with Crippen molar-refractivity contribution in [3.8, 4) is 0 Å². The molecule has 0 aliphatic carbocycles. The van der Waals surface area contributed by atoms with Gasteiger partial charge in [0.15, 0.2) is 0 Å². The Morgan fingerprint density at radius 2 is 1.96 bits per heavy atom. The highest BCUT2D eigenvalue weighted by atomic mass is 35.5. The van der Waals surface area contributed by atoms with Crippen LogP contribution < -0.4 is 16.2 Å². The highest BCUT2D eigenvalue weighted by Gasteiger charge is 2.08. The fourth-order valence-corrected chi connectivity index (χ4v) is 2.87. The highest BCUT2D eigenvalue weighted by molar-refractivity contribution is 6.30. The van der Waals surface area contributed by atoms with Crippen LogP contribution in [0.3, 0.4) is 0 Å². The molecule has 0 aliphatic rings. The van der Waals surface area contributed by atoms with Gasteiger partial charge in [-0.05, 0) is 53.3 Å². The van der Waals surface area contributed by atoms with E-state index in [2.05, 4.69) is 35.5 Å². The van der Waals surface area contributed by atoms with E-state index in [0.717, 1.165) is 10.9 Å². The van der Waals surface area contributed by atoms with Gasteiger partial charge in [-0.1, -0.05) is 37.6 Å². The lowest BCUT2D eigenvalue weighted by Crippen LogP contribution is -2.30. The van der Waals surface area contributed by atoms with Gasteiger partial charge < -0.3 is 15.6 Å². The number of hydrogen-bond donors (Lipinski definition) is 3. The Labute approximate surface area is 156 Å². The van der Waals surface area contributed by atoms with Gasteiger partial charge in [-0.25, -0.2) is 4.79 Å². The largest absolute Gasteiger partial charge is 0.334 e. The van der Waals surface area contributed by atoms with Crippen LogP contribution in [0.1, 0.15) is 30.9 Å². The Bertz CT molecular complexity index is 1010. The lowest BCUT2D eigenvalue weighted by atomic mass is 10.0. The van der Waals surface area contributed by atoms with E-state index in [1.807, 2.05) is 18.2 Å². The number of benzene rings is 2. The molecule has 0 saturated carbocycles. The number of halogens is 1. The Morgan fingerprint density at radius 1 is 1.15 bits per heavy atom. The van der Waals surface area contributed by atoms with E-state index in [-0.39, 0.29) is 12.1 Å². The molecule has 6 heteroatoms. The molecule has 2 aromatic carbocycles. The number of nitrogens with one attached hydrogen (secondary N) is 3. The second kappa shape index (κ2) is 7.62. The van der Waals surface area contributed by atoms with Crippen molar-refractivity contribution < 1.29 is 4.79 Å². The zero-order chi connectivity index (χ0) is 18.7. The first kappa shape index (κ1) is 18.0. The summed E-state index contributed by atoms with van der Waals surface area (Å²) in [6.45, 7) is 4.37. The van der Waals surface area contributed by atoms with Gasteiger partial charge in [-0.3, -0.25) is 4.79 Å². The number of rotatable bonds is 4. The van der Waals surface area contributed by atoms with Crippen molar-refractivity contribution in [3.63, 3.8) is 0 Å². The van der Waals surface area contributed by atoms with Crippen molar-refractivity contribution in [2.75, 3.05) is 5.32 Å². The van der Waals surface area contributed by atoms with Gasteiger partial charge in [0.25, 0.3) is 5.56 Å². The lowest BCUT2D eigenvalue weighted by Gasteiger charge is -2.10. The fraction of sp³-hybridized carbons (Fsp3) is 0.200. The Balaban J connectivity index is 1.74. The Hall–Kier alpha value is -2.79. The van der Waals surface area contributed by atoms with E-state index in [9.17, 15) is 9.59 Å². The molecule has 0 bridgehead atoms. The molecule has 1 aromatic heterocycles. The maximum absolute atomic E-state index is 12.2. The summed E-state index contributed by atoms with van der Waals surface area (Å²) < 4.78 is 0. The number of amides is 2. The summed E-state index contributed by atoms with van der Waals surface area (Å²) >= 11 is 5.90. The number of aromatic nitrogens is 1. The van der Waals surface area contributed by atoms with Gasteiger partial charge in [0.1, 0.15) is 0 Å². The molecule has 0 atom stereocenters. The second-order valence-corrected chi connectivity index (χ2v) is 6.88. The molecule has 0 saturated heterocycles. The summed E-state index contributed by atoms with van der Waals surface area (Å²) in [6, 6.07) is 14.3. The first-order chi connectivity index (χ1) is 12.4. The normalized spacial score (nSPS) is 10.9. The van der Waals surface area contributed by atoms with Gasteiger partial charge in [0.2, 0.25) is 0 Å². The molecule has 26 heavy (non-hydrogen) atoms.